The molecule has 0 aliphatic heterocycles. The summed E-state index contributed by atoms with van der Waals surface area (Å²) in [7, 11) is 0. The van der Waals surface area contributed by atoms with Gasteiger partial charge in [0.05, 0.1) is 0 Å². The minimum Gasteiger partial charge on any atom is -0.437 e. The summed E-state index contributed by atoms with van der Waals surface area (Å²) in [5.74, 6) is 2.26. The van der Waals surface area contributed by atoms with Crippen molar-refractivity contribution >= 4 is 0 Å². The first-order valence-electron chi connectivity index (χ1n) is 2.08. The summed E-state index contributed by atoms with van der Waals surface area (Å²) in [5.41, 5.74) is 0.847. The van der Waals surface area contributed by atoms with Gasteiger partial charge in [0, 0.05) is 0 Å². The zero-order chi connectivity index (χ0) is 5.11. The molecule has 1 aromatic rings. The molecule has 0 N–H and O–H groups in total. The Morgan fingerprint density at radius 1 is 1.62 bits per heavy atom. The van der Waals surface area contributed by atoms with Gasteiger partial charge in [-0.1, -0.05) is 0 Å². The van der Waals surface area contributed by atoms with Gasteiger partial charge < -0.3 is 12.3 Å². The molecule has 1 rings (SSSR count). The fraction of sp³-hybridized carbons (Fsp3) is 0. The third-order valence-corrected chi connectivity index (χ3v) is 0.807. The van der Waals surface area contributed by atoms with Crippen molar-refractivity contribution in [1.29, 1.82) is 0 Å². The van der Waals surface area contributed by atoms with Crippen LogP contribution >= 0.6 is 0 Å². The summed E-state index contributed by atoms with van der Waals surface area (Å²) >= 11 is 0. The Labute approximate surface area is 61.4 Å². The summed E-state index contributed by atoms with van der Waals surface area (Å²) in [6.07, 6.45) is 6.61. The van der Waals surface area contributed by atoms with Crippen molar-refractivity contribution in [3.8, 4) is 5.92 Å². The molecule has 0 fully saturated rings. The van der Waals surface area contributed by atoms with E-state index in [1.54, 1.807) is 0 Å². The van der Waals surface area contributed by atoms with Crippen LogP contribution in [0, 0.1) is 12.3 Å². The maximum absolute atomic E-state index is 6.61. The van der Waals surface area contributed by atoms with Crippen molar-refractivity contribution < 1.29 is 18.9 Å². The van der Waals surface area contributed by atoms with E-state index in [2.05, 4.69) is 5.92 Å². The van der Waals surface area contributed by atoms with Gasteiger partial charge in [-0.3, -0.25) is 11.6 Å². The van der Waals surface area contributed by atoms with E-state index < -0.39 is 0 Å². The standard InChI is InChI=1S/C7H4.Li/c1-2-7-5-3-4-6-7;/h3-6H;/q-2;+1. The minimum atomic E-state index is 0. The van der Waals surface area contributed by atoms with Crippen LogP contribution in [0.3, 0.4) is 0 Å². The molecular weight excluding hydrogens is 91.0 g/mol. The van der Waals surface area contributed by atoms with Gasteiger partial charge in [-0.05, 0) is 0 Å². The van der Waals surface area contributed by atoms with Crippen LogP contribution < -0.4 is 18.9 Å². The Morgan fingerprint density at radius 3 is 2.62 bits per heavy atom. The van der Waals surface area contributed by atoms with Gasteiger partial charge in [-0.25, -0.2) is 6.07 Å². The van der Waals surface area contributed by atoms with E-state index in [-0.39, 0.29) is 18.9 Å². The average Bonchev–Trinajstić information content (AvgIpc) is 2.14. The van der Waals surface area contributed by atoms with E-state index in [1.807, 2.05) is 24.3 Å². The van der Waals surface area contributed by atoms with Crippen LogP contribution in [0.15, 0.2) is 24.3 Å². The van der Waals surface area contributed by atoms with Crippen molar-refractivity contribution in [3.63, 3.8) is 0 Å². The average molecular weight is 95.0 g/mol. The van der Waals surface area contributed by atoms with Gasteiger partial charge in [-0.15, -0.1) is 0 Å². The number of hydrogen-bond acceptors (Lipinski definition) is 0. The molecular formula is C7H4Li-. The molecule has 0 saturated carbocycles. The summed E-state index contributed by atoms with van der Waals surface area (Å²) in [5, 5.41) is 0. The maximum atomic E-state index is 6.61. The smallest absolute Gasteiger partial charge is 0.437 e. The third kappa shape index (κ3) is 1.55. The summed E-state index contributed by atoms with van der Waals surface area (Å²) in [4.78, 5) is 0. The van der Waals surface area contributed by atoms with Crippen molar-refractivity contribution in [2.45, 2.75) is 0 Å². The second-order valence-corrected chi connectivity index (χ2v) is 1.30. The van der Waals surface area contributed by atoms with Crippen LogP contribution in [0.1, 0.15) is 5.56 Å². The molecule has 0 unspecified atom stereocenters. The molecule has 0 aromatic heterocycles. The van der Waals surface area contributed by atoms with Gasteiger partial charge in [0.15, 0.2) is 0 Å². The normalized spacial score (nSPS) is 6.88. The number of rotatable bonds is 0. The predicted molar refractivity (Wildman–Crippen MR) is 28.3 cm³/mol. The third-order valence-electron chi connectivity index (χ3n) is 0.807. The quantitative estimate of drug-likeness (QED) is 0.206. The predicted octanol–water partition coefficient (Wildman–Crippen LogP) is -1.65. The van der Waals surface area contributed by atoms with E-state index in [1.165, 1.54) is 0 Å². The molecule has 0 radical (unpaired) electrons. The van der Waals surface area contributed by atoms with E-state index >= 15 is 0 Å². The van der Waals surface area contributed by atoms with E-state index in [0.717, 1.165) is 5.56 Å². The van der Waals surface area contributed by atoms with Gasteiger partial charge in [0.1, 0.15) is 0 Å². The van der Waals surface area contributed by atoms with Crippen LogP contribution in [-0.2, 0) is 0 Å². The zero-order valence-corrected chi connectivity index (χ0v) is 4.81. The summed E-state index contributed by atoms with van der Waals surface area (Å²) < 4.78 is 0. The zero-order valence-electron chi connectivity index (χ0n) is 4.81. The maximum Gasteiger partial charge on any atom is 1.00 e. The Kier molecular flexibility index (Phi) is 3.29. The first-order valence-corrected chi connectivity index (χ1v) is 2.08. The summed E-state index contributed by atoms with van der Waals surface area (Å²) in [6, 6.07) is 7.45. The van der Waals surface area contributed by atoms with E-state index in [4.69, 9.17) is 6.42 Å². The van der Waals surface area contributed by atoms with Crippen molar-refractivity contribution in [2.75, 3.05) is 0 Å². The fourth-order valence-electron chi connectivity index (χ4n) is 0.457. The van der Waals surface area contributed by atoms with Crippen LogP contribution in [-0.4, -0.2) is 0 Å². The molecule has 0 atom stereocenters. The number of hydrogen-bond donors (Lipinski definition) is 0. The van der Waals surface area contributed by atoms with Crippen molar-refractivity contribution in [3.05, 3.63) is 36.3 Å². The molecule has 0 bridgehead atoms. The molecule has 0 amide bonds. The Hall–Kier alpha value is -0.493. The molecule has 0 aliphatic carbocycles. The van der Waals surface area contributed by atoms with Gasteiger partial charge in [-0.2, -0.15) is 12.1 Å². The summed E-state index contributed by atoms with van der Waals surface area (Å²) in [6.45, 7) is 0. The van der Waals surface area contributed by atoms with Crippen molar-refractivity contribution in [2.24, 2.45) is 0 Å². The first kappa shape index (κ1) is 7.51. The second kappa shape index (κ2) is 3.50. The fourth-order valence-corrected chi connectivity index (χ4v) is 0.457. The first-order chi connectivity index (χ1) is 3.43. The molecule has 0 saturated heterocycles. The van der Waals surface area contributed by atoms with Gasteiger partial charge in [0.25, 0.3) is 0 Å². The molecule has 8 heavy (non-hydrogen) atoms. The molecule has 0 nitrogen and oxygen atoms in total. The Bertz CT molecular complexity index is 167. The minimum absolute atomic E-state index is 0. The molecule has 0 spiro atoms. The largest absolute Gasteiger partial charge is 1.00 e. The second-order valence-electron chi connectivity index (χ2n) is 1.30. The van der Waals surface area contributed by atoms with Crippen molar-refractivity contribution in [1.82, 2.24) is 0 Å². The Morgan fingerprint density at radius 2 is 2.38 bits per heavy atom. The van der Waals surface area contributed by atoms with E-state index in [0.29, 0.717) is 0 Å². The van der Waals surface area contributed by atoms with Crippen LogP contribution in [0.4, 0.5) is 0 Å². The molecule has 34 valence electrons. The van der Waals surface area contributed by atoms with Crippen LogP contribution in [0.25, 0.3) is 0 Å². The molecule has 1 aromatic carbocycles. The van der Waals surface area contributed by atoms with Crippen LogP contribution in [0.5, 0.6) is 0 Å². The SMILES string of the molecule is [C-]#Cc1ccc[cH-]1.[Li+]. The van der Waals surface area contributed by atoms with Gasteiger partial charge >= 0.3 is 18.9 Å². The molecule has 0 heterocycles. The topological polar surface area (TPSA) is 0 Å². The van der Waals surface area contributed by atoms with Gasteiger partial charge in [0.2, 0.25) is 0 Å². The Balaban J connectivity index is 0.000000490. The molecule has 1 heteroatoms. The monoisotopic (exact) mass is 95.0 g/mol. The molecule has 0 aliphatic rings. The van der Waals surface area contributed by atoms with E-state index in [9.17, 15) is 0 Å². The van der Waals surface area contributed by atoms with Crippen LogP contribution in [0.2, 0.25) is 0 Å².